The minimum absolute atomic E-state index is 0.0752. The number of amides is 2. The van der Waals surface area contributed by atoms with Crippen molar-refractivity contribution < 1.29 is 19.1 Å². The summed E-state index contributed by atoms with van der Waals surface area (Å²) in [5.41, 5.74) is 10.1. The number of hydrogen-bond donors (Lipinski definition) is 3. The van der Waals surface area contributed by atoms with E-state index in [2.05, 4.69) is 5.32 Å². The molecule has 0 bridgehead atoms. The molecule has 0 heterocycles. The average Bonchev–Trinajstić information content (AvgIpc) is 2.27. The lowest BCUT2D eigenvalue weighted by Gasteiger charge is -2.06. The zero-order chi connectivity index (χ0) is 12.9. The first-order valence-electron chi connectivity index (χ1n) is 5.57. The molecular formula is C10H21N3O4. The van der Waals surface area contributed by atoms with Crippen LogP contribution in [0.3, 0.4) is 0 Å². The molecule has 0 aromatic heterocycles. The summed E-state index contributed by atoms with van der Waals surface area (Å²) in [4.78, 5) is 21.3. The van der Waals surface area contributed by atoms with Crippen molar-refractivity contribution >= 4 is 11.8 Å². The lowest BCUT2D eigenvalue weighted by molar-refractivity contribution is -0.121. The summed E-state index contributed by atoms with van der Waals surface area (Å²) in [7, 11) is 0. The van der Waals surface area contributed by atoms with Gasteiger partial charge in [-0.15, -0.1) is 0 Å². The number of nitrogens with two attached hydrogens (primary N) is 2. The van der Waals surface area contributed by atoms with Gasteiger partial charge >= 0.3 is 0 Å². The highest BCUT2D eigenvalue weighted by Gasteiger charge is 1.98. The molecule has 0 aromatic rings. The molecule has 0 saturated carbocycles. The fraction of sp³-hybridized carbons (Fsp3) is 0.800. The van der Waals surface area contributed by atoms with Crippen LogP contribution in [0.15, 0.2) is 0 Å². The zero-order valence-electron chi connectivity index (χ0n) is 9.94. The number of nitrogens with one attached hydrogen (secondary N) is 1. The molecule has 7 heteroatoms. The van der Waals surface area contributed by atoms with Crippen LogP contribution in [0.25, 0.3) is 0 Å². The Bertz CT molecular complexity index is 224. The van der Waals surface area contributed by atoms with Crippen molar-refractivity contribution in [1.29, 1.82) is 0 Å². The van der Waals surface area contributed by atoms with Crippen molar-refractivity contribution in [2.75, 3.05) is 39.5 Å². The fourth-order valence-electron chi connectivity index (χ4n) is 0.977. The first-order valence-corrected chi connectivity index (χ1v) is 5.57. The average molecular weight is 247 g/mol. The predicted octanol–water partition coefficient (Wildman–Crippen LogP) is -1.64. The summed E-state index contributed by atoms with van der Waals surface area (Å²) in [5.74, 6) is -0.456. The highest BCUT2D eigenvalue weighted by Crippen LogP contribution is 1.83. The Hall–Kier alpha value is -1.18. The molecule has 0 aromatic carbocycles. The van der Waals surface area contributed by atoms with E-state index < -0.39 is 0 Å². The van der Waals surface area contributed by atoms with Gasteiger partial charge in [0.2, 0.25) is 11.8 Å². The number of hydrogen-bond acceptors (Lipinski definition) is 5. The van der Waals surface area contributed by atoms with Crippen LogP contribution in [0.4, 0.5) is 0 Å². The van der Waals surface area contributed by atoms with Crippen LogP contribution in [0.2, 0.25) is 0 Å². The maximum atomic E-state index is 11.0. The zero-order valence-corrected chi connectivity index (χ0v) is 9.94. The normalized spacial score (nSPS) is 10.2. The third kappa shape index (κ3) is 12.8. The molecule has 100 valence electrons. The van der Waals surface area contributed by atoms with Gasteiger partial charge in [-0.2, -0.15) is 0 Å². The van der Waals surface area contributed by atoms with Crippen molar-refractivity contribution in [3.63, 3.8) is 0 Å². The van der Waals surface area contributed by atoms with Crippen LogP contribution in [-0.2, 0) is 19.1 Å². The number of ether oxygens (including phenoxy) is 2. The molecule has 0 spiro atoms. The van der Waals surface area contributed by atoms with E-state index >= 15 is 0 Å². The second-order valence-electron chi connectivity index (χ2n) is 3.33. The first kappa shape index (κ1) is 15.8. The number of primary amides is 1. The molecule has 17 heavy (non-hydrogen) atoms. The Balaban J connectivity index is 3.08. The number of carbonyl (C=O) groups is 2. The van der Waals surface area contributed by atoms with Crippen molar-refractivity contribution in [2.45, 2.75) is 12.8 Å². The van der Waals surface area contributed by atoms with Gasteiger partial charge in [-0.1, -0.05) is 0 Å². The van der Waals surface area contributed by atoms with E-state index in [9.17, 15) is 9.59 Å². The molecule has 0 aliphatic heterocycles. The summed E-state index contributed by atoms with van der Waals surface area (Å²) >= 11 is 0. The Morgan fingerprint density at radius 1 is 1.00 bits per heavy atom. The third-order valence-corrected chi connectivity index (χ3v) is 1.80. The molecule has 5 N–H and O–H groups in total. The summed E-state index contributed by atoms with van der Waals surface area (Å²) in [5, 5.41) is 2.65. The Kier molecular flexibility index (Phi) is 10.5. The van der Waals surface area contributed by atoms with Crippen molar-refractivity contribution in [1.82, 2.24) is 5.32 Å². The van der Waals surface area contributed by atoms with Crippen molar-refractivity contribution in [3.8, 4) is 0 Å². The van der Waals surface area contributed by atoms with E-state index in [0.717, 1.165) is 0 Å². The molecule has 0 radical (unpaired) electrons. The molecule has 0 saturated heterocycles. The summed E-state index contributed by atoms with van der Waals surface area (Å²) in [6.45, 7) is 2.37. The first-order chi connectivity index (χ1) is 8.16. The van der Waals surface area contributed by atoms with Crippen LogP contribution >= 0.6 is 0 Å². The molecule has 0 unspecified atom stereocenters. The predicted molar refractivity (Wildman–Crippen MR) is 62.1 cm³/mol. The van der Waals surface area contributed by atoms with E-state index in [4.69, 9.17) is 20.9 Å². The molecule has 0 aliphatic rings. The lowest BCUT2D eigenvalue weighted by Crippen LogP contribution is -2.29. The lowest BCUT2D eigenvalue weighted by atomic mass is 10.4. The van der Waals surface area contributed by atoms with E-state index in [1.54, 1.807) is 0 Å². The van der Waals surface area contributed by atoms with E-state index in [0.29, 0.717) is 45.9 Å². The summed E-state index contributed by atoms with van der Waals surface area (Å²) < 4.78 is 10.3. The molecule has 0 rings (SSSR count). The molecule has 0 aliphatic carbocycles. The van der Waals surface area contributed by atoms with Crippen molar-refractivity contribution in [2.24, 2.45) is 11.5 Å². The summed E-state index contributed by atoms with van der Waals surface area (Å²) in [6, 6.07) is 0. The largest absolute Gasteiger partial charge is 0.379 e. The number of carbonyl (C=O) groups excluding carboxylic acids is 2. The van der Waals surface area contributed by atoms with Gasteiger partial charge in [0.15, 0.2) is 0 Å². The highest BCUT2D eigenvalue weighted by molar-refractivity contribution is 5.75. The second kappa shape index (κ2) is 11.3. The van der Waals surface area contributed by atoms with Gasteiger partial charge in [-0.05, 0) is 0 Å². The van der Waals surface area contributed by atoms with E-state index in [1.165, 1.54) is 0 Å². The Morgan fingerprint density at radius 3 is 2.24 bits per heavy atom. The van der Waals surface area contributed by atoms with E-state index in [-0.39, 0.29) is 18.2 Å². The van der Waals surface area contributed by atoms with Gasteiger partial charge in [-0.3, -0.25) is 9.59 Å². The van der Waals surface area contributed by atoms with Crippen LogP contribution in [-0.4, -0.2) is 51.3 Å². The molecule has 0 atom stereocenters. The van der Waals surface area contributed by atoms with Gasteiger partial charge in [0.1, 0.15) is 0 Å². The maximum Gasteiger partial charge on any atom is 0.221 e. The van der Waals surface area contributed by atoms with Crippen LogP contribution in [0.5, 0.6) is 0 Å². The van der Waals surface area contributed by atoms with Gasteiger partial charge in [0, 0.05) is 25.9 Å². The monoisotopic (exact) mass is 247 g/mol. The van der Waals surface area contributed by atoms with Crippen LogP contribution in [0, 0.1) is 0 Å². The van der Waals surface area contributed by atoms with Crippen molar-refractivity contribution in [3.05, 3.63) is 0 Å². The maximum absolute atomic E-state index is 11.0. The third-order valence-electron chi connectivity index (χ3n) is 1.80. The highest BCUT2D eigenvalue weighted by atomic mass is 16.5. The standard InChI is InChI=1S/C10H21N3O4/c11-3-1-10(15)13-4-6-17-8-7-16-5-2-9(12)14/h1-8,11H2,(H2,12,14)(H,13,15). The Labute approximate surface area is 101 Å². The minimum atomic E-state index is -0.381. The topological polar surface area (TPSA) is 117 Å². The quantitative estimate of drug-likeness (QED) is 0.379. The second-order valence-corrected chi connectivity index (χ2v) is 3.33. The minimum Gasteiger partial charge on any atom is -0.379 e. The van der Waals surface area contributed by atoms with Gasteiger partial charge in [0.25, 0.3) is 0 Å². The molecular weight excluding hydrogens is 226 g/mol. The molecule has 0 fully saturated rings. The van der Waals surface area contributed by atoms with E-state index in [1.807, 2.05) is 0 Å². The summed E-state index contributed by atoms with van der Waals surface area (Å²) in [6.07, 6.45) is 0.547. The van der Waals surface area contributed by atoms with Gasteiger partial charge in [0.05, 0.1) is 26.4 Å². The smallest absolute Gasteiger partial charge is 0.221 e. The number of rotatable bonds is 11. The fourth-order valence-corrected chi connectivity index (χ4v) is 0.977. The van der Waals surface area contributed by atoms with Crippen LogP contribution < -0.4 is 16.8 Å². The van der Waals surface area contributed by atoms with Crippen LogP contribution in [0.1, 0.15) is 12.8 Å². The SMILES string of the molecule is NCCC(=O)NCCOCCOCCC(N)=O. The van der Waals surface area contributed by atoms with Gasteiger partial charge in [-0.25, -0.2) is 0 Å². The Morgan fingerprint density at radius 2 is 1.65 bits per heavy atom. The molecule has 7 nitrogen and oxygen atoms in total. The van der Waals surface area contributed by atoms with Gasteiger partial charge < -0.3 is 26.3 Å². The molecule has 2 amide bonds.